The number of hydrogen-bond acceptors (Lipinski definition) is 2. The van der Waals surface area contributed by atoms with E-state index in [-0.39, 0.29) is 12.4 Å². The van der Waals surface area contributed by atoms with Gasteiger partial charge in [-0.2, -0.15) is 0 Å². The van der Waals surface area contributed by atoms with Crippen LogP contribution in [0.25, 0.3) is 22.3 Å². The largest absolute Gasteiger partial charge is 0.456 e. The number of aliphatic hydroxyl groups excluding tert-OH is 1. The zero-order valence-corrected chi connectivity index (χ0v) is 11.4. The molecule has 96 valence electrons. The van der Waals surface area contributed by atoms with Gasteiger partial charge in [-0.3, -0.25) is 0 Å². The Morgan fingerprint density at radius 2 is 1.84 bits per heavy atom. The molecule has 4 heteroatoms. The second-order valence-corrected chi connectivity index (χ2v) is 5.13. The quantitative estimate of drug-likeness (QED) is 0.754. The van der Waals surface area contributed by atoms with Gasteiger partial charge in [0.25, 0.3) is 0 Å². The van der Waals surface area contributed by atoms with E-state index in [0.29, 0.717) is 16.9 Å². The van der Waals surface area contributed by atoms with Gasteiger partial charge in [0.15, 0.2) is 0 Å². The van der Waals surface area contributed by atoms with Crippen LogP contribution in [0.1, 0.15) is 5.56 Å². The molecule has 1 heterocycles. The Morgan fingerprint density at radius 1 is 1.11 bits per heavy atom. The predicted octanol–water partition coefficient (Wildman–Crippen LogP) is 4.49. The van der Waals surface area contributed by atoms with E-state index in [9.17, 15) is 9.50 Å². The Bertz CT molecular complexity index is 732. The summed E-state index contributed by atoms with van der Waals surface area (Å²) >= 11 is 3.40. The Labute approximate surface area is 117 Å². The average molecular weight is 321 g/mol. The number of hydrogen-bond donors (Lipinski definition) is 1. The first-order chi connectivity index (χ1) is 9.19. The summed E-state index contributed by atoms with van der Waals surface area (Å²) in [4.78, 5) is 0. The summed E-state index contributed by atoms with van der Waals surface area (Å²) in [6.07, 6.45) is 0. The van der Waals surface area contributed by atoms with Gasteiger partial charge < -0.3 is 9.52 Å². The number of benzene rings is 2. The molecule has 0 spiro atoms. The van der Waals surface area contributed by atoms with Crippen molar-refractivity contribution in [2.45, 2.75) is 6.61 Å². The van der Waals surface area contributed by atoms with Crippen LogP contribution in [0.5, 0.6) is 0 Å². The van der Waals surface area contributed by atoms with Gasteiger partial charge in [0.1, 0.15) is 17.2 Å². The van der Waals surface area contributed by atoms with Crippen LogP contribution in [0.2, 0.25) is 0 Å². The maximum atomic E-state index is 13.0. The minimum Gasteiger partial charge on any atom is -0.456 e. The van der Waals surface area contributed by atoms with Crippen molar-refractivity contribution in [3.05, 3.63) is 58.3 Å². The van der Waals surface area contributed by atoms with E-state index in [0.717, 1.165) is 15.4 Å². The lowest BCUT2D eigenvalue weighted by Gasteiger charge is -2.00. The van der Waals surface area contributed by atoms with Gasteiger partial charge in [0, 0.05) is 21.0 Å². The van der Waals surface area contributed by atoms with Crippen LogP contribution in [-0.4, -0.2) is 5.11 Å². The Hall–Kier alpha value is -1.65. The lowest BCUT2D eigenvalue weighted by Crippen LogP contribution is -1.85. The van der Waals surface area contributed by atoms with Crippen molar-refractivity contribution in [2.24, 2.45) is 0 Å². The molecular weight excluding hydrogens is 311 g/mol. The molecule has 2 aromatic carbocycles. The molecule has 0 atom stereocenters. The van der Waals surface area contributed by atoms with E-state index in [4.69, 9.17) is 4.42 Å². The van der Waals surface area contributed by atoms with Gasteiger partial charge in [0.2, 0.25) is 0 Å². The monoisotopic (exact) mass is 320 g/mol. The van der Waals surface area contributed by atoms with E-state index in [2.05, 4.69) is 15.9 Å². The van der Waals surface area contributed by atoms with Crippen LogP contribution in [-0.2, 0) is 6.61 Å². The van der Waals surface area contributed by atoms with Gasteiger partial charge in [-0.15, -0.1) is 0 Å². The number of halogens is 2. The summed E-state index contributed by atoms with van der Waals surface area (Å²) in [5.74, 6) is 0.281. The van der Waals surface area contributed by atoms with Gasteiger partial charge in [-0.25, -0.2) is 4.39 Å². The van der Waals surface area contributed by atoms with Crippen LogP contribution in [0.3, 0.4) is 0 Å². The third kappa shape index (κ3) is 2.17. The maximum Gasteiger partial charge on any atom is 0.140 e. The molecule has 0 saturated heterocycles. The molecule has 0 bridgehead atoms. The summed E-state index contributed by atoms with van der Waals surface area (Å²) in [6, 6.07) is 11.6. The fourth-order valence-corrected chi connectivity index (χ4v) is 2.47. The van der Waals surface area contributed by atoms with Crippen LogP contribution in [0.15, 0.2) is 51.4 Å². The normalized spacial score (nSPS) is 11.1. The van der Waals surface area contributed by atoms with Gasteiger partial charge >= 0.3 is 0 Å². The van der Waals surface area contributed by atoms with Crippen molar-refractivity contribution >= 4 is 26.9 Å². The first kappa shape index (κ1) is 12.4. The first-order valence-electron chi connectivity index (χ1n) is 5.77. The lowest BCUT2D eigenvalue weighted by molar-refractivity contribution is 0.282. The van der Waals surface area contributed by atoms with Gasteiger partial charge in [-0.1, -0.05) is 15.9 Å². The van der Waals surface area contributed by atoms with E-state index >= 15 is 0 Å². The summed E-state index contributed by atoms with van der Waals surface area (Å²) in [6.45, 7) is -0.129. The molecule has 0 amide bonds. The molecule has 3 aromatic rings. The molecule has 0 aliphatic carbocycles. The SMILES string of the molecule is OCc1c(-c2ccc(F)cc2)oc2ccc(Br)cc12. The molecule has 0 radical (unpaired) electrons. The maximum absolute atomic E-state index is 13.0. The van der Waals surface area contributed by atoms with Crippen LogP contribution < -0.4 is 0 Å². The standard InChI is InChI=1S/C15H10BrFO2/c16-10-3-6-14-12(7-10)13(8-18)15(19-14)9-1-4-11(17)5-2-9/h1-7,18H,8H2. The third-order valence-corrected chi connectivity index (χ3v) is 3.51. The number of furan rings is 1. The molecule has 2 nitrogen and oxygen atoms in total. The highest BCUT2D eigenvalue weighted by Gasteiger charge is 2.15. The Balaban J connectivity index is 2.25. The summed E-state index contributed by atoms with van der Waals surface area (Å²) in [5, 5.41) is 10.4. The molecule has 19 heavy (non-hydrogen) atoms. The molecule has 0 aliphatic heterocycles. The Kier molecular flexibility index (Phi) is 3.12. The second kappa shape index (κ2) is 4.79. The number of rotatable bonds is 2. The third-order valence-electron chi connectivity index (χ3n) is 3.02. The highest BCUT2D eigenvalue weighted by Crippen LogP contribution is 2.35. The summed E-state index contributed by atoms with van der Waals surface area (Å²) in [5.41, 5.74) is 2.16. The predicted molar refractivity (Wildman–Crippen MR) is 75.2 cm³/mol. The molecule has 1 N–H and O–H groups in total. The Morgan fingerprint density at radius 3 is 2.53 bits per heavy atom. The van der Waals surface area contributed by atoms with E-state index in [1.165, 1.54) is 12.1 Å². The summed E-state index contributed by atoms with van der Waals surface area (Å²) < 4.78 is 19.6. The van der Waals surface area contributed by atoms with E-state index in [1.54, 1.807) is 12.1 Å². The molecule has 0 saturated carbocycles. The zero-order chi connectivity index (χ0) is 13.4. The highest BCUT2D eigenvalue weighted by molar-refractivity contribution is 9.10. The van der Waals surface area contributed by atoms with Crippen LogP contribution >= 0.6 is 15.9 Å². The zero-order valence-electron chi connectivity index (χ0n) is 9.86. The van der Waals surface area contributed by atoms with Crippen molar-refractivity contribution < 1.29 is 13.9 Å². The van der Waals surface area contributed by atoms with Crippen molar-refractivity contribution in [1.29, 1.82) is 0 Å². The molecule has 0 fully saturated rings. The van der Waals surface area contributed by atoms with E-state index in [1.807, 2.05) is 18.2 Å². The smallest absolute Gasteiger partial charge is 0.140 e. The number of aliphatic hydroxyl groups is 1. The summed E-state index contributed by atoms with van der Waals surface area (Å²) in [7, 11) is 0. The molecule has 0 unspecified atom stereocenters. The minimum atomic E-state index is -0.298. The van der Waals surface area contributed by atoms with Gasteiger partial charge in [0.05, 0.1) is 6.61 Å². The van der Waals surface area contributed by atoms with Crippen molar-refractivity contribution in [1.82, 2.24) is 0 Å². The van der Waals surface area contributed by atoms with Crippen LogP contribution in [0.4, 0.5) is 4.39 Å². The first-order valence-corrected chi connectivity index (χ1v) is 6.56. The molecule has 0 aliphatic rings. The van der Waals surface area contributed by atoms with Gasteiger partial charge in [-0.05, 0) is 42.5 Å². The van der Waals surface area contributed by atoms with Crippen LogP contribution in [0, 0.1) is 5.82 Å². The highest BCUT2D eigenvalue weighted by atomic mass is 79.9. The fraction of sp³-hybridized carbons (Fsp3) is 0.0667. The van der Waals surface area contributed by atoms with Crippen molar-refractivity contribution in [2.75, 3.05) is 0 Å². The topological polar surface area (TPSA) is 33.4 Å². The van der Waals surface area contributed by atoms with Crippen molar-refractivity contribution in [3.63, 3.8) is 0 Å². The molecular formula is C15H10BrFO2. The average Bonchev–Trinajstić information content (AvgIpc) is 2.77. The minimum absolute atomic E-state index is 0.129. The van der Waals surface area contributed by atoms with E-state index < -0.39 is 0 Å². The second-order valence-electron chi connectivity index (χ2n) is 4.22. The molecule has 1 aromatic heterocycles. The fourth-order valence-electron chi connectivity index (χ4n) is 2.11. The van der Waals surface area contributed by atoms with Crippen molar-refractivity contribution in [3.8, 4) is 11.3 Å². The molecule has 3 rings (SSSR count). The lowest BCUT2D eigenvalue weighted by atomic mass is 10.1. The number of fused-ring (bicyclic) bond motifs is 1.